The van der Waals surface area contributed by atoms with Crippen molar-refractivity contribution >= 4 is 44.7 Å². The number of fused-ring (bicyclic) bond motifs is 1. The molecule has 146 valence electrons. The second-order valence-corrected chi connectivity index (χ2v) is 7.83. The van der Waals surface area contributed by atoms with Gasteiger partial charge in [-0.05, 0) is 30.9 Å². The number of nitrogens with zero attached hydrogens (tertiary/aromatic N) is 3. The average molecular weight is 400 g/mol. The smallest absolute Gasteiger partial charge is 0.348 e. The second-order valence-electron chi connectivity index (χ2n) is 6.83. The number of non-ortho nitro benzene ring substituents is 1. The van der Waals surface area contributed by atoms with E-state index in [1.807, 2.05) is 27.7 Å². The minimum atomic E-state index is -0.446. The molecule has 1 N–H and O–H groups in total. The van der Waals surface area contributed by atoms with Crippen LogP contribution in [0.15, 0.2) is 24.5 Å². The van der Waals surface area contributed by atoms with Gasteiger partial charge in [-0.2, -0.15) is 0 Å². The van der Waals surface area contributed by atoms with Gasteiger partial charge < -0.3 is 10.1 Å². The van der Waals surface area contributed by atoms with Crippen molar-refractivity contribution in [3.05, 3.63) is 50.6 Å². The molecule has 0 saturated heterocycles. The van der Waals surface area contributed by atoms with Gasteiger partial charge in [-0.3, -0.25) is 10.1 Å². The molecule has 3 rings (SSSR count). The molecule has 2 heterocycles. The van der Waals surface area contributed by atoms with E-state index in [9.17, 15) is 14.9 Å². The Labute approximate surface area is 165 Å². The number of carbonyl (C=O) groups excluding carboxylic acids is 1. The lowest BCUT2D eigenvalue weighted by molar-refractivity contribution is -0.384. The van der Waals surface area contributed by atoms with E-state index in [0.717, 1.165) is 11.1 Å². The molecule has 8 nitrogen and oxygen atoms in total. The van der Waals surface area contributed by atoms with Gasteiger partial charge in [0, 0.05) is 17.8 Å². The summed E-state index contributed by atoms with van der Waals surface area (Å²) in [6.07, 6.45) is 1.40. The maximum absolute atomic E-state index is 12.4. The summed E-state index contributed by atoms with van der Waals surface area (Å²) in [7, 11) is 0. The van der Waals surface area contributed by atoms with Crippen LogP contribution in [0.1, 0.15) is 34.6 Å². The minimum Gasteiger partial charge on any atom is -0.461 e. The number of nitrogens with one attached hydrogen (secondary N) is 1. The number of hydrogen-bond donors (Lipinski definition) is 1. The molecule has 0 aliphatic heterocycles. The van der Waals surface area contributed by atoms with Crippen LogP contribution in [0.3, 0.4) is 0 Å². The molecule has 0 fully saturated rings. The number of carbonyl (C=O) groups is 1. The number of nitro groups is 1. The van der Waals surface area contributed by atoms with Crippen molar-refractivity contribution in [2.45, 2.75) is 27.7 Å². The van der Waals surface area contributed by atoms with Crippen molar-refractivity contribution in [3.63, 3.8) is 0 Å². The Balaban J connectivity index is 2.00. The van der Waals surface area contributed by atoms with Gasteiger partial charge in [0.05, 0.1) is 16.9 Å². The monoisotopic (exact) mass is 400 g/mol. The highest BCUT2D eigenvalue weighted by Crippen LogP contribution is 2.35. The van der Waals surface area contributed by atoms with E-state index in [0.29, 0.717) is 33.2 Å². The molecular formula is C19H20N4O4S. The number of rotatable bonds is 6. The number of hydrogen-bond acceptors (Lipinski definition) is 8. The fraction of sp³-hybridized carbons (Fsp3) is 0.316. The van der Waals surface area contributed by atoms with Crippen LogP contribution < -0.4 is 5.32 Å². The number of benzene rings is 1. The zero-order chi connectivity index (χ0) is 20.4. The molecule has 0 radical (unpaired) electrons. The van der Waals surface area contributed by atoms with Crippen LogP contribution in [0.2, 0.25) is 0 Å². The van der Waals surface area contributed by atoms with Gasteiger partial charge in [-0.25, -0.2) is 14.8 Å². The Morgan fingerprint density at radius 1 is 1.32 bits per heavy atom. The van der Waals surface area contributed by atoms with Crippen LogP contribution in [-0.2, 0) is 4.74 Å². The molecule has 2 aromatic heterocycles. The van der Waals surface area contributed by atoms with Crippen LogP contribution in [0.5, 0.6) is 0 Å². The lowest BCUT2D eigenvalue weighted by Gasteiger charge is -2.10. The maximum Gasteiger partial charge on any atom is 0.348 e. The highest BCUT2D eigenvalue weighted by atomic mass is 32.1. The van der Waals surface area contributed by atoms with E-state index in [1.165, 1.54) is 29.8 Å². The van der Waals surface area contributed by atoms with E-state index in [1.54, 1.807) is 6.07 Å². The van der Waals surface area contributed by atoms with Crippen molar-refractivity contribution in [1.29, 1.82) is 0 Å². The zero-order valence-electron chi connectivity index (χ0n) is 16.0. The summed E-state index contributed by atoms with van der Waals surface area (Å²) in [4.78, 5) is 32.7. The Morgan fingerprint density at radius 2 is 2.07 bits per heavy atom. The number of nitro benzene ring substituents is 1. The van der Waals surface area contributed by atoms with E-state index in [2.05, 4.69) is 15.3 Å². The normalized spacial score (nSPS) is 11.0. The second kappa shape index (κ2) is 7.89. The van der Waals surface area contributed by atoms with Crippen molar-refractivity contribution in [2.24, 2.45) is 5.92 Å². The molecule has 0 amide bonds. The first-order chi connectivity index (χ1) is 13.3. The fourth-order valence-electron chi connectivity index (χ4n) is 2.65. The summed E-state index contributed by atoms with van der Waals surface area (Å²) in [6, 6.07) is 4.59. The first-order valence-corrected chi connectivity index (χ1v) is 9.53. The Kier molecular flexibility index (Phi) is 5.55. The first kappa shape index (κ1) is 19.7. The van der Waals surface area contributed by atoms with Crippen LogP contribution >= 0.6 is 11.3 Å². The first-order valence-electron chi connectivity index (χ1n) is 8.71. The van der Waals surface area contributed by atoms with Gasteiger partial charge in [-0.1, -0.05) is 19.9 Å². The van der Waals surface area contributed by atoms with Gasteiger partial charge >= 0.3 is 5.97 Å². The molecule has 0 spiro atoms. The average Bonchev–Trinajstić information content (AvgIpc) is 2.99. The van der Waals surface area contributed by atoms with E-state index >= 15 is 0 Å². The molecule has 9 heteroatoms. The van der Waals surface area contributed by atoms with Crippen molar-refractivity contribution in [2.75, 3.05) is 11.9 Å². The quantitative estimate of drug-likeness (QED) is 0.361. The SMILES string of the molecule is Cc1ccc([N+](=O)[O-])cc1Nc1ncnc2sc(C(=O)OCC(C)C)c(C)c12. The van der Waals surface area contributed by atoms with Crippen LogP contribution in [0.25, 0.3) is 10.2 Å². The summed E-state index contributed by atoms with van der Waals surface area (Å²) in [5, 5.41) is 14.9. The van der Waals surface area contributed by atoms with Crippen LogP contribution in [-0.4, -0.2) is 27.5 Å². The number of ether oxygens (including phenoxy) is 1. The molecule has 0 bridgehead atoms. The van der Waals surface area contributed by atoms with E-state index in [-0.39, 0.29) is 17.6 Å². The Bertz CT molecular complexity index is 1060. The molecular weight excluding hydrogens is 380 g/mol. The van der Waals surface area contributed by atoms with Crippen molar-refractivity contribution in [1.82, 2.24) is 9.97 Å². The standard InChI is InChI=1S/C19H20N4O4S/c1-10(2)8-27-19(24)16-12(4)15-17(20-9-21-18(15)28-16)22-14-7-13(23(25)26)6-5-11(14)3/h5-7,9-10H,8H2,1-4H3,(H,20,21,22). The van der Waals surface area contributed by atoms with E-state index < -0.39 is 4.92 Å². The minimum absolute atomic E-state index is 0.0154. The summed E-state index contributed by atoms with van der Waals surface area (Å²) in [5.41, 5.74) is 2.11. The van der Waals surface area contributed by atoms with Gasteiger partial charge in [0.25, 0.3) is 5.69 Å². The largest absolute Gasteiger partial charge is 0.461 e. The highest BCUT2D eigenvalue weighted by molar-refractivity contribution is 7.20. The van der Waals surface area contributed by atoms with E-state index in [4.69, 9.17) is 4.74 Å². The molecule has 1 aromatic carbocycles. The van der Waals surface area contributed by atoms with Gasteiger partial charge in [0.2, 0.25) is 0 Å². The maximum atomic E-state index is 12.4. The molecule has 3 aromatic rings. The molecule has 0 aliphatic rings. The Morgan fingerprint density at radius 3 is 2.75 bits per heavy atom. The summed E-state index contributed by atoms with van der Waals surface area (Å²) >= 11 is 1.25. The van der Waals surface area contributed by atoms with Gasteiger partial charge in [-0.15, -0.1) is 11.3 Å². The summed E-state index contributed by atoms with van der Waals surface area (Å²) < 4.78 is 5.35. The third-order valence-electron chi connectivity index (χ3n) is 4.15. The molecule has 0 atom stereocenters. The summed E-state index contributed by atoms with van der Waals surface area (Å²) in [6.45, 7) is 7.95. The molecule has 28 heavy (non-hydrogen) atoms. The number of esters is 1. The third-order valence-corrected chi connectivity index (χ3v) is 5.32. The van der Waals surface area contributed by atoms with Gasteiger partial charge in [0.15, 0.2) is 0 Å². The van der Waals surface area contributed by atoms with Crippen LogP contribution in [0.4, 0.5) is 17.2 Å². The number of aromatic nitrogens is 2. The number of thiophene rings is 1. The zero-order valence-corrected chi connectivity index (χ0v) is 16.8. The summed E-state index contributed by atoms with van der Waals surface area (Å²) in [5.74, 6) is 0.351. The highest BCUT2D eigenvalue weighted by Gasteiger charge is 2.21. The Hall–Kier alpha value is -3.07. The predicted octanol–water partition coefficient (Wildman–Crippen LogP) is 4.77. The number of aryl methyl sites for hydroxylation is 2. The van der Waals surface area contributed by atoms with Crippen molar-refractivity contribution < 1.29 is 14.5 Å². The predicted molar refractivity (Wildman–Crippen MR) is 108 cm³/mol. The third kappa shape index (κ3) is 3.94. The van der Waals surface area contributed by atoms with Crippen LogP contribution in [0, 0.1) is 29.9 Å². The molecule has 0 aliphatic carbocycles. The molecule has 0 unspecified atom stereocenters. The molecule has 0 saturated carbocycles. The van der Waals surface area contributed by atoms with Crippen molar-refractivity contribution in [3.8, 4) is 0 Å². The topological polar surface area (TPSA) is 107 Å². The number of anilines is 2. The fourth-order valence-corrected chi connectivity index (χ4v) is 3.70. The lowest BCUT2D eigenvalue weighted by atomic mass is 10.1. The lowest BCUT2D eigenvalue weighted by Crippen LogP contribution is -2.09. The van der Waals surface area contributed by atoms with Gasteiger partial charge in [0.1, 0.15) is 21.9 Å².